The standard InChI is InChI=1S/C9H8Cl2O2/c1-4-6(3-12)9(13)8(11)5(2)7(4)10/h3,13H,1-2H3. The molecule has 1 N–H and O–H groups in total. The third-order valence-corrected chi connectivity index (χ3v) is 3.00. The number of rotatable bonds is 1. The zero-order valence-electron chi connectivity index (χ0n) is 7.19. The van der Waals surface area contributed by atoms with Crippen molar-refractivity contribution in [1.29, 1.82) is 0 Å². The van der Waals surface area contributed by atoms with E-state index < -0.39 is 0 Å². The van der Waals surface area contributed by atoms with E-state index in [-0.39, 0.29) is 16.3 Å². The molecule has 0 aliphatic rings. The molecule has 0 unspecified atom stereocenters. The van der Waals surface area contributed by atoms with Gasteiger partial charge in [-0.1, -0.05) is 23.2 Å². The Morgan fingerprint density at radius 1 is 1.15 bits per heavy atom. The SMILES string of the molecule is Cc1c(Cl)c(C)c(C=O)c(O)c1Cl. The van der Waals surface area contributed by atoms with Gasteiger partial charge in [0.2, 0.25) is 0 Å². The van der Waals surface area contributed by atoms with Crippen LogP contribution in [0.2, 0.25) is 10.0 Å². The van der Waals surface area contributed by atoms with Gasteiger partial charge in [-0.3, -0.25) is 4.79 Å². The normalized spacial score (nSPS) is 10.2. The first-order chi connectivity index (χ1) is 6.00. The molecule has 0 fully saturated rings. The third kappa shape index (κ3) is 1.52. The Morgan fingerprint density at radius 2 is 1.69 bits per heavy atom. The van der Waals surface area contributed by atoms with E-state index in [1.54, 1.807) is 13.8 Å². The molecule has 0 amide bonds. The van der Waals surface area contributed by atoms with Gasteiger partial charge in [-0.15, -0.1) is 0 Å². The molecule has 0 spiro atoms. The molecule has 1 aromatic carbocycles. The molecule has 2 nitrogen and oxygen atoms in total. The molecule has 0 aliphatic carbocycles. The first kappa shape index (κ1) is 10.4. The Labute approximate surface area is 86.1 Å². The predicted octanol–water partition coefficient (Wildman–Crippen LogP) is 3.13. The summed E-state index contributed by atoms with van der Waals surface area (Å²) in [6, 6.07) is 0. The van der Waals surface area contributed by atoms with Crippen LogP contribution in [-0.4, -0.2) is 11.4 Å². The largest absolute Gasteiger partial charge is 0.506 e. The van der Waals surface area contributed by atoms with Crippen LogP contribution in [-0.2, 0) is 0 Å². The highest BCUT2D eigenvalue weighted by Crippen LogP contribution is 2.37. The molecular formula is C9H8Cl2O2. The van der Waals surface area contributed by atoms with Crippen LogP contribution in [0, 0.1) is 13.8 Å². The van der Waals surface area contributed by atoms with Gasteiger partial charge in [-0.05, 0) is 25.0 Å². The zero-order valence-corrected chi connectivity index (χ0v) is 8.70. The molecular weight excluding hydrogens is 211 g/mol. The summed E-state index contributed by atoms with van der Waals surface area (Å²) < 4.78 is 0. The highest BCUT2D eigenvalue weighted by atomic mass is 35.5. The van der Waals surface area contributed by atoms with Crippen molar-refractivity contribution in [3.05, 3.63) is 26.7 Å². The summed E-state index contributed by atoms with van der Waals surface area (Å²) >= 11 is 11.6. The van der Waals surface area contributed by atoms with Crippen molar-refractivity contribution < 1.29 is 9.90 Å². The molecule has 0 saturated carbocycles. The van der Waals surface area contributed by atoms with Crippen LogP contribution in [0.4, 0.5) is 0 Å². The first-order valence-electron chi connectivity index (χ1n) is 3.63. The molecule has 0 heterocycles. The van der Waals surface area contributed by atoms with Crippen molar-refractivity contribution >= 4 is 29.5 Å². The van der Waals surface area contributed by atoms with Crippen LogP contribution in [0.25, 0.3) is 0 Å². The van der Waals surface area contributed by atoms with Gasteiger partial charge < -0.3 is 5.11 Å². The lowest BCUT2D eigenvalue weighted by Crippen LogP contribution is -1.93. The summed E-state index contributed by atoms with van der Waals surface area (Å²) in [5.41, 5.74) is 1.29. The van der Waals surface area contributed by atoms with Crippen LogP contribution >= 0.6 is 23.2 Å². The average molecular weight is 219 g/mol. The van der Waals surface area contributed by atoms with Crippen LogP contribution in [0.15, 0.2) is 0 Å². The van der Waals surface area contributed by atoms with Crippen molar-refractivity contribution in [3.8, 4) is 5.75 Å². The number of benzene rings is 1. The van der Waals surface area contributed by atoms with Gasteiger partial charge in [-0.2, -0.15) is 0 Å². The Morgan fingerprint density at radius 3 is 2.15 bits per heavy atom. The van der Waals surface area contributed by atoms with Crippen molar-refractivity contribution in [2.45, 2.75) is 13.8 Å². The first-order valence-corrected chi connectivity index (χ1v) is 4.38. The third-order valence-electron chi connectivity index (χ3n) is 1.97. The smallest absolute Gasteiger partial charge is 0.154 e. The number of aldehydes is 1. The van der Waals surface area contributed by atoms with Gasteiger partial charge in [0.05, 0.1) is 10.6 Å². The molecule has 4 heteroatoms. The second kappa shape index (κ2) is 3.56. The summed E-state index contributed by atoms with van der Waals surface area (Å²) in [5, 5.41) is 10.0. The maximum atomic E-state index is 10.6. The molecule has 0 aliphatic heterocycles. The summed E-state index contributed by atoms with van der Waals surface area (Å²) in [6.07, 6.45) is 0.544. The lowest BCUT2D eigenvalue weighted by molar-refractivity contribution is 0.112. The van der Waals surface area contributed by atoms with E-state index in [0.29, 0.717) is 22.4 Å². The van der Waals surface area contributed by atoms with Crippen LogP contribution < -0.4 is 0 Å². The molecule has 70 valence electrons. The molecule has 0 radical (unpaired) electrons. The van der Waals surface area contributed by atoms with Gasteiger partial charge >= 0.3 is 0 Å². The summed E-state index contributed by atoms with van der Waals surface area (Å²) in [6.45, 7) is 3.35. The van der Waals surface area contributed by atoms with E-state index in [0.717, 1.165) is 0 Å². The maximum absolute atomic E-state index is 10.6. The molecule has 1 rings (SSSR count). The van der Waals surface area contributed by atoms with Crippen molar-refractivity contribution in [2.24, 2.45) is 0 Å². The fourth-order valence-corrected chi connectivity index (χ4v) is 1.55. The van der Waals surface area contributed by atoms with Gasteiger partial charge in [-0.25, -0.2) is 0 Å². The Hall–Kier alpha value is -0.730. The molecule has 0 bridgehead atoms. The number of halogens is 2. The molecule has 0 saturated heterocycles. The van der Waals surface area contributed by atoms with Gasteiger partial charge in [0.1, 0.15) is 5.75 Å². The number of phenolic OH excluding ortho intramolecular Hbond substituents is 1. The quantitative estimate of drug-likeness (QED) is 0.736. The van der Waals surface area contributed by atoms with E-state index in [1.807, 2.05) is 0 Å². The van der Waals surface area contributed by atoms with Crippen molar-refractivity contribution in [2.75, 3.05) is 0 Å². The monoisotopic (exact) mass is 218 g/mol. The van der Waals surface area contributed by atoms with Crippen molar-refractivity contribution in [3.63, 3.8) is 0 Å². The Balaban J connectivity index is 3.66. The number of hydrogen-bond donors (Lipinski definition) is 1. The van der Waals surface area contributed by atoms with E-state index in [1.165, 1.54) is 0 Å². The minimum absolute atomic E-state index is 0.137. The van der Waals surface area contributed by atoms with E-state index >= 15 is 0 Å². The van der Waals surface area contributed by atoms with Crippen LogP contribution in [0.1, 0.15) is 21.5 Å². The number of phenols is 1. The summed E-state index contributed by atoms with van der Waals surface area (Å²) in [4.78, 5) is 10.6. The Kier molecular flexibility index (Phi) is 2.84. The van der Waals surface area contributed by atoms with Crippen molar-refractivity contribution in [1.82, 2.24) is 0 Å². The fourth-order valence-electron chi connectivity index (χ4n) is 1.11. The fraction of sp³-hybridized carbons (Fsp3) is 0.222. The van der Waals surface area contributed by atoms with E-state index in [2.05, 4.69) is 0 Å². The van der Waals surface area contributed by atoms with Crippen LogP contribution in [0.3, 0.4) is 0 Å². The lowest BCUT2D eigenvalue weighted by atomic mass is 10.1. The molecule has 13 heavy (non-hydrogen) atoms. The zero-order chi connectivity index (χ0) is 10.2. The minimum Gasteiger partial charge on any atom is -0.506 e. The van der Waals surface area contributed by atoms with Crippen LogP contribution in [0.5, 0.6) is 5.75 Å². The second-order valence-corrected chi connectivity index (χ2v) is 3.51. The summed E-state index contributed by atoms with van der Waals surface area (Å²) in [5.74, 6) is -0.198. The highest BCUT2D eigenvalue weighted by molar-refractivity contribution is 6.38. The highest BCUT2D eigenvalue weighted by Gasteiger charge is 2.15. The topological polar surface area (TPSA) is 37.3 Å². The van der Waals surface area contributed by atoms with Gasteiger partial charge in [0, 0.05) is 5.02 Å². The van der Waals surface area contributed by atoms with E-state index in [4.69, 9.17) is 23.2 Å². The second-order valence-electron chi connectivity index (χ2n) is 2.76. The lowest BCUT2D eigenvalue weighted by Gasteiger charge is -2.10. The molecule has 0 atom stereocenters. The Bertz CT molecular complexity index is 343. The molecule has 1 aromatic rings. The number of hydrogen-bond acceptors (Lipinski definition) is 2. The average Bonchev–Trinajstić information content (AvgIpc) is 2.13. The maximum Gasteiger partial charge on any atom is 0.154 e. The minimum atomic E-state index is -0.198. The van der Waals surface area contributed by atoms with E-state index in [9.17, 15) is 9.90 Å². The number of aromatic hydroxyl groups is 1. The summed E-state index contributed by atoms with van der Waals surface area (Å²) in [7, 11) is 0. The number of carbonyl (C=O) groups excluding carboxylic acids is 1. The molecule has 0 aromatic heterocycles. The number of carbonyl (C=O) groups is 1. The van der Waals surface area contributed by atoms with Gasteiger partial charge in [0.25, 0.3) is 0 Å². The van der Waals surface area contributed by atoms with Gasteiger partial charge in [0.15, 0.2) is 6.29 Å². The predicted molar refractivity (Wildman–Crippen MR) is 53.0 cm³/mol.